The molecule has 0 saturated carbocycles. The molecule has 5 aromatic heterocycles. The molecule has 0 aliphatic carbocycles. The van der Waals surface area contributed by atoms with E-state index in [0.717, 1.165) is 28.9 Å². The van der Waals surface area contributed by atoms with Gasteiger partial charge in [0.2, 0.25) is 5.65 Å². The highest BCUT2D eigenvalue weighted by molar-refractivity contribution is 5.77. The minimum Gasteiger partial charge on any atom is -0.278 e. The van der Waals surface area contributed by atoms with Crippen molar-refractivity contribution >= 4 is 22.3 Å². The van der Waals surface area contributed by atoms with Crippen LogP contribution in [0.15, 0.2) is 36.9 Å². The van der Waals surface area contributed by atoms with Crippen LogP contribution in [0.25, 0.3) is 33.6 Å². The molecule has 5 aromatic rings. The molecule has 0 saturated heterocycles. The quantitative estimate of drug-likeness (QED) is 0.523. The Morgan fingerprint density at radius 3 is 3.00 bits per heavy atom. The lowest BCUT2D eigenvalue weighted by molar-refractivity contribution is 0.653. The Labute approximate surface area is 146 Å². The minimum absolute atomic E-state index is 0.449. The first-order valence-electron chi connectivity index (χ1n) is 8.19. The molecule has 1 N–H and O–H groups in total. The van der Waals surface area contributed by atoms with Crippen molar-refractivity contribution < 1.29 is 0 Å². The largest absolute Gasteiger partial charge is 0.278 e. The lowest BCUT2D eigenvalue weighted by Gasteiger charge is -2.01. The highest BCUT2D eigenvalue weighted by Crippen LogP contribution is 2.19. The highest BCUT2D eigenvalue weighted by Gasteiger charge is 2.13. The average Bonchev–Trinajstić information content (AvgIpc) is 3.41. The number of pyridine rings is 1. The fourth-order valence-corrected chi connectivity index (χ4v) is 2.84. The van der Waals surface area contributed by atoms with Gasteiger partial charge in [-0.1, -0.05) is 5.21 Å². The summed E-state index contributed by atoms with van der Waals surface area (Å²) >= 11 is 0. The monoisotopic (exact) mass is 346 g/mol. The number of fused-ring (bicyclic) bond motifs is 2. The van der Waals surface area contributed by atoms with Crippen LogP contribution in [-0.2, 0) is 13.1 Å². The van der Waals surface area contributed by atoms with Gasteiger partial charge < -0.3 is 0 Å². The van der Waals surface area contributed by atoms with Crippen LogP contribution >= 0.6 is 0 Å². The van der Waals surface area contributed by atoms with E-state index in [1.165, 1.54) is 0 Å². The first-order chi connectivity index (χ1) is 12.8. The van der Waals surface area contributed by atoms with Crippen molar-refractivity contribution in [3.05, 3.63) is 42.6 Å². The Balaban J connectivity index is 1.56. The zero-order chi connectivity index (χ0) is 17.5. The predicted octanol–water partition coefficient (Wildman–Crippen LogP) is 1.42. The summed E-state index contributed by atoms with van der Waals surface area (Å²) in [6.07, 6.45) is 7.12. The van der Waals surface area contributed by atoms with Gasteiger partial charge in [-0.2, -0.15) is 10.2 Å². The van der Waals surface area contributed by atoms with Crippen LogP contribution in [0.3, 0.4) is 0 Å². The summed E-state index contributed by atoms with van der Waals surface area (Å²) in [6.45, 7) is 3.29. The third-order valence-electron chi connectivity index (χ3n) is 4.20. The highest BCUT2D eigenvalue weighted by atomic mass is 15.5. The number of H-pyrrole nitrogens is 1. The Morgan fingerprint density at radius 2 is 2.12 bits per heavy atom. The Bertz CT molecular complexity index is 1210. The zero-order valence-corrected chi connectivity index (χ0v) is 13.9. The molecule has 0 aliphatic rings. The molecule has 0 fully saturated rings. The van der Waals surface area contributed by atoms with Gasteiger partial charge in [0.05, 0.1) is 30.3 Å². The van der Waals surface area contributed by atoms with Crippen molar-refractivity contribution in [2.24, 2.45) is 0 Å². The van der Waals surface area contributed by atoms with E-state index in [1.807, 2.05) is 29.9 Å². The summed E-state index contributed by atoms with van der Waals surface area (Å²) < 4.78 is 3.55. The summed E-state index contributed by atoms with van der Waals surface area (Å²) in [6, 6.07) is 3.85. The number of nitrogens with one attached hydrogen (secondary N) is 1. The topological polar surface area (TPSA) is 116 Å². The van der Waals surface area contributed by atoms with Crippen molar-refractivity contribution in [1.82, 2.24) is 49.9 Å². The third-order valence-corrected chi connectivity index (χ3v) is 4.20. The van der Waals surface area contributed by atoms with Gasteiger partial charge in [0.15, 0.2) is 11.3 Å². The van der Waals surface area contributed by atoms with E-state index in [-0.39, 0.29) is 0 Å². The molecule has 128 valence electrons. The normalized spacial score (nSPS) is 11.6. The standard InChI is InChI=1S/C16H14N10/c1-2-25-8-10(6-19-25)12-7-18-15-16(20-12)26(24-23-15)9-13-11-4-3-5-17-14(11)22-21-13/h3-8H,2,9H2,1H3,(H,17,21,22). The van der Waals surface area contributed by atoms with Gasteiger partial charge in [0, 0.05) is 29.9 Å². The summed E-state index contributed by atoms with van der Waals surface area (Å²) in [7, 11) is 0. The second-order valence-electron chi connectivity index (χ2n) is 5.81. The Kier molecular flexibility index (Phi) is 3.20. The molecular formula is C16H14N10. The third kappa shape index (κ3) is 2.31. The SMILES string of the molecule is CCn1cc(-c2cnc3nnn(Cc4[nH]nc5ncccc45)c3n2)cn1. The molecule has 10 nitrogen and oxygen atoms in total. The molecule has 0 atom stereocenters. The van der Waals surface area contributed by atoms with E-state index in [2.05, 4.69) is 40.6 Å². The maximum atomic E-state index is 4.69. The summed E-state index contributed by atoms with van der Waals surface area (Å²) in [4.78, 5) is 13.3. The van der Waals surface area contributed by atoms with Crippen LogP contribution in [-0.4, -0.2) is 49.9 Å². The molecule has 10 heteroatoms. The van der Waals surface area contributed by atoms with Gasteiger partial charge in [0.25, 0.3) is 0 Å². The first kappa shape index (κ1) is 14.6. The van der Waals surface area contributed by atoms with E-state index in [0.29, 0.717) is 23.5 Å². The van der Waals surface area contributed by atoms with Gasteiger partial charge in [-0.15, -0.1) is 5.10 Å². The molecule has 0 aliphatic heterocycles. The number of aromatic nitrogens is 10. The van der Waals surface area contributed by atoms with Crippen LogP contribution in [0.1, 0.15) is 12.6 Å². The minimum atomic E-state index is 0.449. The Hall–Kier alpha value is -3.69. The van der Waals surface area contributed by atoms with E-state index < -0.39 is 0 Å². The lowest BCUT2D eigenvalue weighted by atomic mass is 10.2. The van der Waals surface area contributed by atoms with Crippen LogP contribution in [0, 0.1) is 0 Å². The van der Waals surface area contributed by atoms with Crippen LogP contribution in [0.2, 0.25) is 0 Å². The van der Waals surface area contributed by atoms with Gasteiger partial charge >= 0.3 is 0 Å². The maximum absolute atomic E-state index is 4.69. The number of aryl methyl sites for hydroxylation is 1. The molecule has 0 aromatic carbocycles. The number of rotatable bonds is 4. The summed E-state index contributed by atoms with van der Waals surface area (Å²) in [5.74, 6) is 0. The van der Waals surface area contributed by atoms with E-state index >= 15 is 0 Å². The molecule has 0 bridgehead atoms. The predicted molar refractivity (Wildman–Crippen MR) is 93.0 cm³/mol. The van der Waals surface area contributed by atoms with E-state index in [1.54, 1.807) is 23.3 Å². The van der Waals surface area contributed by atoms with Crippen molar-refractivity contribution in [3.8, 4) is 11.3 Å². The zero-order valence-electron chi connectivity index (χ0n) is 13.9. The van der Waals surface area contributed by atoms with Crippen molar-refractivity contribution in [1.29, 1.82) is 0 Å². The molecule has 26 heavy (non-hydrogen) atoms. The van der Waals surface area contributed by atoms with Crippen LogP contribution in [0.5, 0.6) is 0 Å². The van der Waals surface area contributed by atoms with Crippen molar-refractivity contribution in [3.63, 3.8) is 0 Å². The molecule has 0 spiro atoms. The number of hydrogen-bond donors (Lipinski definition) is 1. The number of aromatic amines is 1. The number of nitrogens with zero attached hydrogens (tertiary/aromatic N) is 9. The van der Waals surface area contributed by atoms with Crippen molar-refractivity contribution in [2.45, 2.75) is 20.0 Å². The number of hydrogen-bond acceptors (Lipinski definition) is 7. The molecular weight excluding hydrogens is 332 g/mol. The fraction of sp³-hybridized carbons (Fsp3) is 0.188. The second kappa shape index (κ2) is 5.69. The first-order valence-corrected chi connectivity index (χ1v) is 8.19. The molecule has 5 heterocycles. The van der Waals surface area contributed by atoms with Gasteiger partial charge in [0.1, 0.15) is 0 Å². The van der Waals surface area contributed by atoms with Crippen LogP contribution in [0.4, 0.5) is 0 Å². The molecule has 0 radical (unpaired) electrons. The molecule has 0 amide bonds. The van der Waals surface area contributed by atoms with Crippen molar-refractivity contribution in [2.75, 3.05) is 0 Å². The average molecular weight is 346 g/mol. The van der Waals surface area contributed by atoms with Gasteiger partial charge in [-0.3, -0.25) is 9.78 Å². The second-order valence-corrected chi connectivity index (χ2v) is 5.81. The van der Waals surface area contributed by atoms with Gasteiger partial charge in [-0.25, -0.2) is 19.6 Å². The smallest absolute Gasteiger partial charge is 0.221 e. The summed E-state index contributed by atoms with van der Waals surface area (Å²) in [5.41, 5.74) is 4.32. The van der Waals surface area contributed by atoms with E-state index in [4.69, 9.17) is 0 Å². The van der Waals surface area contributed by atoms with Crippen LogP contribution < -0.4 is 0 Å². The Morgan fingerprint density at radius 1 is 1.15 bits per heavy atom. The molecule has 0 unspecified atom stereocenters. The van der Waals surface area contributed by atoms with Gasteiger partial charge in [-0.05, 0) is 19.1 Å². The molecule has 5 rings (SSSR count). The summed E-state index contributed by atoms with van der Waals surface area (Å²) in [5, 5.41) is 20.7. The lowest BCUT2D eigenvalue weighted by Crippen LogP contribution is -2.04. The fourth-order valence-electron chi connectivity index (χ4n) is 2.84. The van der Waals surface area contributed by atoms with E-state index in [9.17, 15) is 0 Å². The maximum Gasteiger partial charge on any atom is 0.221 e.